The van der Waals surface area contributed by atoms with Crippen molar-refractivity contribution in [2.24, 2.45) is 0 Å². The number of hydrogen-bond donors (Lipinski definition) is 3. The Balaban J connectivity index is 2.10. The molecule has 108 valence electrons. The van der Waals surface area contributed by atoms with Crippen molar-refractivity contribution in [2.45, 2.75) is 0 Å². The molecule has 2 amide bonds. The Morgan fingerprint density at radius 2 is 1.86 bits per heavy atom. The Morgan fingerprint density at radius 3 is 2.57 bits per heavy atom. The third-order valence-corrected chi connectivity index (χ3v) is 2.98. The number of nitrogens with zero attached hydrogens (tertiary/aromatic N) is 1. The lowest BCUT2D eigenvalue weighted by molar-refractivity contribution is 0.0690. The Bertz CT molecular complexity index is 707. The first-order valence-corrected chi connectivity index (χ1v) is 6.43. The van der Waals surface area contributed by atoms with Crippen molar-refractivity contribution < 1.29 is 14.7 Å². The molecule has 0 saturated heterocycles. The van der Waals surface area contributed by atoms with Crippen LogP contribution in [0.2, 0.25) is 10.0 Å². The Hall–Kier alpha value is -2.31. The van der Waals surface area contributed by atoms with E-state index in [1.807, 2.05) is 0 Å². The van der Waals surface area contributed by atoms with E-state index in [2.05, 4.69) is 15.6 Å². The number of aromatic nitrogens is 1. The van der Waals surface area contributed by atoms with Crippen LogP contribution in [0, 0.1) is 0 Å². The number of halogens is 2. The molecule has 0 saturated carbocycles. The summed E-state index contributed by atoms with van der Waals surface area (Å²) in [6, 6.07) is 6.76. The molecule has 0 aliphatic carbocycles. The standard InChI is InChI=1S/C13H9Cl2N3O3/c14-7-1-2-9(15)10(5-7)18-13(21)17-8-3-4-16-11(6-8)12(19)20/h1-6H,(H,19,20)(H2,16,17,18,21). The third kappa shape index (κ3) is 4.08. The van der Waals surface area contributed by atoms with Crippen LogP contribution in [0.4, 0.5) is 16.2 Å². The predicted octanol–water partition coefficient (Wildman–Crippen LogP) is 3.73. The lowest BCUT2D eigenvalue weighted by Crippen LogP contribution is -2.20. The Morgan fingerprint density at radius 1 is 1.10 bits per heavy atom. The summed E-state index contributed by atoms with van der Waals surface area (Å²) >= 11 is 11.7. The molecule has 0 aliphatic heterocycles. The monoisotopic (exact) mass is 325 g/mol. The van der Waals surface area contributed by atoms with Crippen molar-refractivity contribution in [3.05, 3.63) is 52.3 Å². The van der Waals surface area contributed by atoms with Crippen LogP contribution in [0.25, 0.3) is 0 Å². The molecule has 2 aromatic rings. The number of nitrogens with one attached hydrogen (secondary N) is 2. The average molecular weight is 326 g/mol. The van der Waals surface area contributed by atoms with Crippen LogP contribution in [0.3, 0.4) is 0 Å². The number of pyridine rings is 1. The fourth-order valence-corrected chi connectivity index (χ4v) is 1.84. The van der Waals surface area contributed by atoms with Crippen molar-refractivity contribution in [3.63, 3.8) is 0 Å². The van der Waals surface area contributed by atoms with Gasteiger partial charge in [0.15, 0.2) is 0 Å². The first-order valence-electron chi connectivity index (χ1n) is 5.68. The molecule has 0 radical (unpaired) electrons. The largest absolute Gasteiger partial charge is 0.477 e. The first kappa shape index (κ1) is 15.1. The van der Waals surface area contributed by atoms with Gasteiger partial charge in [-0.15, -0.1) is 0 Å². The van der Waals surface area contributed by atoms with E-state index in [0.29, 0.717) is 15.7 Å². The van der Waals surface area contributed by atoms with E-state index < -0.39 is 12.0 Å². The Kier molecular flexibility index (Phi) is 4.62. The summed E-state index contributed by atoms with van der Waals surface area (Å²) < 4.78 is 0. The molecule has 1 aromatic heterocycles. The van der Waals surface area contributed by atoms with Gasteiger partial charge in [-0.05, 0) is 30.3 Å². The molecular weight excluding hydrogens is 317 g/mol. The second-order valence-corrected chi connectivity index (χ2v) is 4.78. The van der Waals surface area contributed by atoms with E-state index in [0.717, 1.165) is 0 Å². The molecule has 0 bridgehead atoms. The summed E-state index contributed by atoms with van der Waals surface area (Å²) in [5.74, 6) is -1.18. The molecule has 1 aromatic carbocycles. The zero-order valence-corrected chi connectivity index (χ0v) is 11.9. The zero-order valence-electron chi connectivity index (χ0n) is 10.4. The number of carbonyl (C=O) groups is 2. The molecule has 6 nitrogen and oxygen atoms in total. The van der Waals surface area contributed by atoms with Crippen molar-refractivity contribution in [2.75, 3.05) is 10.6 Å². The fraction of sp³-hybridized carbons (Fsp3) is 0. The highest BCUT2D eigenvalue weighted by Crippen LogP contribution is 2.25. The number of amides is 2. The van der Waals surface area contributed by atoms with Gasteiger partial charge in [-0.25, -0.2) is 14.6 Å². The Labute approximate surface area is 129 Å². The van der Waals surface area contributed by atoms with Crippen LogP contribution in [-0.4, -0.2) is 22.1 Å². The van der Waals surface area contributed by atoms with Crippen molar-refractivity contribution >= 4 is 46.6 Å². The van der Waals surface area contributed by atoms with Gasteiger partial charge in [-0.3, -0.25) is 0 Å². The number of carbonyl (C=O) groups excluding carboxylic acids is 1. The average Bonchev–Trinajstić information content (AvgIpc) is 2.43. The third-order valence-electron chi connectivity index (χ3n) is 2.41. The van der Waals surface area contributed by atoms with E-state index in [9.17, 15) is 9.59 Å². The number of rotatable bonds is 3. The summed E-state index contributed by atoms with van der Waals surface area (Å²) in [7, 11) is 0. The van der Waals surface area contributed by atoms with Crippen molar-refractivity contribution in [1.29, 1.82) is 0 Å². The molecule has 8 heteroatoms. The molecule has 0 aliphatic rings. The van der Waals surface area contributed by atoms with Crippen LogP contribution in [0.15, 0.2) is 36.5 Å². The number of hydrogen-bond acceptors (Lipinski definition) is 3. The highest BCUT2D eigenvalue weighted by Gasteiger charge is 2.09. The van der Waals surface area contributed by atoms with E-state index in [1.54, 1.807) is 12.1 Å². The highest BCUT2D eigenvalue weighted by atomic mass is 35.5. The molecule has 2 rings (SSSR count). The molecule has 1 heterocycles. The second kappa shape index (κ2) is 6.43. The maximum Gasteiger partial charge on any atom is 0.354 e. The number of benzene rings is 1. The van der Waals surface area contributed by atoms with Gasteiger partial charge < -0.3 is 15.7 Å². The van der Waals surface area contributed by atoms with Crippen molar-refractivity contribution in [1.82, 2.24) is 4.98 Å². The van der Waals surface area contributed by atoms with E-state index in [4.69, 9.17) is 28.3 Å². The number of aromatic carboxylic acids is 1. The highest BCUT2D eigenvalue weighted by molar-refractivity contribution is 6.35. The topological polar surface area (TPSA) is 91.3 Å². The lowest BCUT2D eigenvalue weighted by Gasteiger charge is -2.09. The first-order chi connectivity index (χ1) is 9.95. The van der Waals surface area contributed by atoms with Crippen LogP contribution >= 0.6 is 23.2 Å². The summed E-state index contributed by atoms with van der Waals surface area (Å²) in [4.78, 5) is 26.3. The van der Waals surface area contributed by atoms with Gasteiger partial charge in [0.1, 0.15) is 5.69 Å². The molecular formula is C13H9Cl2N3O3. The van der Waals surface area contributed by atoms with Gasteiger partial charge in [0.2, 0.25) is 0 Å². The second-order valence-electron chi connectivity index (χ2n) is 3.94. The summed E-state index contributed by atoms with van der Waals surface area (Å²) in [6.07, 6.45) is 1.28. The fourth-order valence-electron chi connectivity index (χ4n) is 1.50. The number of carboxylic acid groups (broad SMARTS) is 1. The maximum atomic E-state index is 11.8. The summed E-state index contributed by atoms with van der Waals surface area (Å²) in [6.45, 7) is 0. The van der Waals surface area contributed by atoms with Gasteiger partial charge >= 0.3 is 12.0 Å². The molecule has 0 spiro atoms. The number of anilines is 2. The summed E-state index contributed by atoms with van der Waals surface area (Å²) in [5, 5.41) is 14.6. The van der Waals surface area contributed by atoms with Crippen LogP contribution < -0.4 is 10.6 Å². The predicted molar refractivity (Wildman–Crippen MR) is 80.3 cm³/mol. The lowest BCUT2D eigenvalue weighted by atomic mass is 10.3. The van der Waals surface area contributed by atoms with Gasteiger partial charge in [0, 0.05) is 16.9 Å². The number of carboxylic acids is 1. The van der Waals surface area contributed by atoms with Gasteiger partial charge in [-0.1, -0.05) is 23.2 Å². The summed E-state index contributed by atoms with van der Waals surface area (Å²) in [5.41, 5.74) is 0.459. The van der Waals surface area contributed by atoms with Gasteiger partial charge in [0.25, 0.3) is 0 Å². The number of urea groups is 1. The SMILES string of the molecule is O=C(Nc1ccnc(C(=O)O)c1)Nc1cc(Cl)ccc1Cl. The quantitative estimate of drug-likeness (QED) is 0.801. The molecule has 0 atom stereocenters. The minimum absolute atomic E-state index is 0.173. The van der Waals surface area contributed by atoms with Crippen LogP contribution in [0.5, 0.6) is 0 Å². The molecule has 3 N–H and O–H groups in total. The van der Waals surface area contributed by atoms with Crippen LogP contribution in [0.1, 0.15) is 10.5 Å². The maximum absolute atomic E-state index is 11.8. The van der Waals surface area contributed by atoms with Gasteiger partial charge in [0.05, 0.1) is 10.7 Å². The zero-order chi connectivity index (χ0) is 15.4. The van der Waals surface area contributed by atoms with E-state index in [1.165, 1.54) is 24.4 Å². The van der Waals surface area contributed by atoms with E-state index >= 15 is 0 Å². The van der Waals surface area contributed by atoms with Crippen LogP contribution in [-0.2, 0) is 0 Å². The minimum Gasteiger partial charge on any atom is -0.477 e. The van der Waals surface area contributed by atoms with Gasteiger partial charge in [-0.2, -0.15) is 0 Å². The minimum atomic E-state index is -1.18. The normalized spacial score (nSPS) is 10.0. The smallest absolute Gasteiger partial charge is 0.354 e. The van der Waals surface area contributed by atoms with E-state index in [-0.39, 0.29) is 11.4 Å². The molecule has 0 unspecified atom stereocenters. The molecule has 0 fully saturated rings. The van der Waals surface area contributed by atoms with Crippen molar-refractivity contribution in [3.8, 4) is 0 Å². The molecule has 21 heavy (non-hydrogen) atoms.